The normalized spacial score (nSPS) is 15.1. The van der Waals surface area contributed by atoms with Crippen LogP contribution in [0.25, 0.3) is 22.2 Å². The smallest absolute Gasteiger partial charge is 0.252 e. The summed E-state index contributed by atoms with van der Waals surface area (Å²) in [6, 6.07) is 17.9. The van der Waals surface area contributed by atoms with E-state index < -0.39 is 5.91 Å². The summed E-state index contributed by atoms with van der Waals surface area (Å²) in [5, 5.41) is 11.2. The minimum absolute atomic E-state index is 0.104. The van der Waals surface area contributed by atoms with Crippen LogP contribution >= 0.6 is 0 Å². The maximum atomic E-state index is 11.4. The highest BCUT2D eigenvalue weighted by atomic mass is 16.3. The second-order valence-electron chi connectivity index (χ2n) is 9.03. The lowest BCUT2D eigenvalue weighted by molar-refractivity contribution is 0.0997. The number of benzene rings is 2. The van der Waals surface area contributed by atoms with E-state index in [4.69, 9.17) is 5.73 Å². The molecular formula is C27H29N5O2. The topological polar surface area (TPSA) is 87.6 Å². The van der Waals surface area contributed by atoms with Gasteiger partial charge in [-0.2, -0.15) is 0 Å². The number of amides is 1. The predicted molar refractivity (Wildman–Crippen MR) is 134 cm³/mol. The zero-order chi connectivity index (χ0) is 23.7. The van der Waals surface area contributed by atoms with Crippen LogP contribution in [0.2, 0.25) is 0 Å². The van der Waals surface area contributed by atoms with E-state index in [1.807, 2.05) is 17.0 Å². The van der Waals surface area contributed by atoms with E-state index in [0.29, 0.717) is 6.54 Å². The number of likely N-dealkylation sites (N-methyl/N-ethyl adjacent to an activating group) is 1. The van der Waals surface area contributed by atoms with Gasteiger partial charge in [0.05, 0.1) is 5.56 Å². The number of nitrogens with zero attached hydrogens (tertiary/aromatic N) is 4. The van der Waals surface area contributed by atoms with Crippen LogP contribution in [-0.2, 0) is 13.1 Å². The molecule has 7 nitrogen and oxygen atoms in total. The minimum atomic E-state index is -0.642. The maximum Gasteiger partial charge on any atom is 0.252 e. The molecule has 0 radical (unpaired) electrons. The molecule has 4 aromatic rings. The number of aromatic nitrogens is 2. The SMILES string of the molecule is CN1CCN(Cc2cccc(-c3ccnc4c3ccn4Cc3ccc(C(N)=O)c(O)c3)c2)CC1. The number of carbonyl (C=O) groups excluding carboxylic acids is 1. The molecule has 3 N–H and O–H groups in total. The number of primary amides is 1. The number of phenols is 1. The average molecular weight is 456 g/mol. The van der Waals surface area contributed by atoms with Crippen LogP contribution in [0, 0.1) is 0 Å². The fraction of sp³-hybridized carbons (Fsp3) is 0.259. The Balaban J connectivity index is 1.41. The molecule has 0 spiro atoms. The Morgan fingerprint density at radius 2 is 1.79 bits per heavy atom. The lowest BCUT2D eigenvalue weighted by Crippen LogP contribution is -2.43. The highest BCUT2D eigenvalue weighted by Crippen LogP contribution is 2.30. The van der Waals surface area contributed by atoms with E-state index in [9.17, 15) is 9.90 Å². The number of nitrogens with two attached hydrogens (primary N) is 1. The number of aromatic hydroxyl groups is 1. The summed E-state index contributed by atoms with van der Waals surface area (Å²) >= 11 is 0. The van der Waals surface area contributed by atoms with Crippen LogP contribution in [0.4, 0.5) is 0 Å². The number of pyridine rings is 1. The standard InChI is InChI=1S/C27H29N5O2/c1-30-11-13-31(14-12-30)17-19-3-2-4-21(15-19)22-7-9-29-27-23(22)8-10-32(27)18-20-5-6-24(26(28)34)25(33)16-20/h2-10,15-16,33H,11-14,17-18H2,1H3,(H2,28,34). The van der Waals surface area contributed by atoms with E-state index in [0.717, 1.165) is 54.9 Å². The second-order valence-corrected chi connectivity index (χ2v) is 9.03. The van der Waals surface area contributed by atoms with Gasteiger partial charge in [-0.05, 0) is 59.6 Å². The Hall–Kier alpha value is -3.68. The van der Waals surface area contributed by atoms with Gasteiger partial charge in [0.15, 0.2) is 0 Å². The first kappa shape index (κ1) is 22.1. The third-order valence-corrected chi connectivity index (χ3v) is 6.58. The summed E-state index contributed by atoms with van der Waals surface area (Å²) in [4.78, 5) is 20.9. The molecular weight excluding hydrogens is 426 g/mol. The number of fused-ring (bicyclic) bond motifs is 1. The molecule has 0 unspecified atom stereocenters. The Bertz CT molecular complexity index is 1340. The largest absolute Gasteiger partial charge is 0.507 e. The van der Waals surface area contributed by atoms with Crippen molar-refractivity contribution in [1.82, 2.24) is 19.4 Å². The van der Waals surface area contributed by atoms with Gasteiger partial charge < -0.3 is 20.3 Å². The zero-order valence-electron chi connectivity index (χ0n) is 19.3. The molecule has 5 rings (SSSR count). The molecule has 34 heavy (non-hydrogen) atoms. The maximum absolute atomic E-state index is 11.4. The third kappa shape index (κ3) is 4.53. The molecule has 1 aliphatic heterocycles. The molecule has 0 saturated carbocycles. The van der Waals surface area contributed by atoms with Crippen molar-refractivity contribution in [3.63, 3.8) is 0 Å². The van der Waals surface area contributed by atoms with Crippen LogP contribution < -0.4 is 5.73 Å². The molecule has 1 amide bonds. The molecule has 1 fully saturated rings. The molecule has 7 heteroatoms. The van der Waals surface area contributed by atoms with Crippen LogP contribution in [0.5, 0.6) is 5.75 Å². The molecule has 1 saturated heterocycles. The molecule has 0 bridgehead atoms. The molecule has 174 valence electrons. The van der Waals surface area contributed by atoms with E-state index in [1.54, 1.807) is 18.2 Å². The number of carbonyl (C=O) groups is 1. The van der Waals surface area contributed by atoms with Gasteiger partial charge in [0.2, 0.25) is 0 Å². The van der Waals surface area contributed by atoms with Gasteiger partial charge in [0.1, 0.15) is 11.4 Å². The molecule has 3 heterocycles. The van der Waals surface area contributed by atoms with Gasteiger partial charge in [0.25, 0.3) is 5.91 Å². The average Bonchev–Trinajstić information content (AvgIpc) is 3.23. The van der Waals surface area contributed by atoms with Crippen molar-refractivity contribution in [1.29, 1.82) is 0 Å². The Morgan fingerprint density at radius 3 is 2.56 bits per heavy atom. The Kier molecular flexibility index (Phi) is 6.04. The zero-order valence-corrected chi connectivity index (χ0v) is 19.3. The van der Waals surface area contributed by atoms with Crippen LogP contribution in [-0.4, -0.2) is 63.6 Å². The van der Waals surface area contributed by atoms with Gasteiger partial charge in [-0.1, -0.05) is 24.3 Å². The summed E-state index contributed by atoms with van der Waals surface area (Å²) in [5.41, 5.74) is 10.8. The van der Waals surface area contributed by atoms with Crippen molar-refractivity contribution in [3.8, 4) is 16.9 Å². The summed E-state index contributed by atoms with van der Waals surface area (Å²) in [5.74, 6) is -0.746. The Morgan fingerprint density at radius 1 is 1.00 bits per heavy atom. The fourth-order valence-corrected chi connectivity index (χ4v) is 4.65. The van der Waals surface area contributed by atoms with Crippen LogP contribution in [0.15, 0.2) is 67.0 Å². The monoisotopic (exact) mass is 455 g/mol. The van der Waals surface area contributed by atoms with Gasteiger partial charge in [-0.25, -0.2) is 4.98 Å². The van der Waals surface area contributed by atoms with E-state index >= 15 is 0 Å². The van der Waals surface area contributed by atoms with Crippen molar-refractivity contribution in [2.45, 2.75) is 13.1 Å². The van der Waals surface area contributed by atoms with Gasteiger partial charge in [-0.3, -0.25) is 9.69 Å². The van der Waals surface area contributed by atoms with E-state index in [2.05, 4.69) is 58.2 Å². The van der Waals surface area contributed by atoms with Crippen molar-refractivity contribution in [2.24, 2.45) is 5.73 Å². The minimum Gasteiger partial charge on any atom is -0.507 e. The third-order valence-electron chi connectivity index (χ3n) is 6.58. The number of rotatable bonds is 6. The van der Waals surface area contributed by atoms with Gasteiger partial charge >= 0.3 is 0 Å². The molecule has 0 aliphatic carbocycles. The molecule has 0 atom stereocenters. The van der Waals surface area contributed by atoms with Crippen molar-refractivity contribution >= 4 is 16.9 Å². The first-order chi connectivity index (χ1) is 16.5. The number of hydrogen-bond donors (Lipinski definition) is 2. The Labute approximate surface area is 199 Å². The lowest BCUT2D eigenvalue weighted by atomic mass is 10.0. The summed E-state index contributed by atoms with van der Waals surface area (Å²) in [6.07, 6.45) is 3.85. The van der Waals surface area contributed by atoms with Crippen molar-refractivity contribution < 1.29 is 9.90 Å². The predicted octanol–water partition coefficient (Wildman–Crippen LogP) is 3.30. The fourth-order valence-electron chi connectivity index (χ4n) is 4.65. The van der Waals surface area contributed by atoms with Crippen LogP contribution in [0.3, 0.4) is 0 Å². The van der Waals surface area contributed by atoms with E-state index in [-0.39, 0.29) is 11.3 Å². The lowest BCUT2D eigenvalue weighted by Gasteiger charge is -2.32. The molecule has 2 aromatic heterocycles. The molecule has 2 aromatic carbocycles. The van der Waals surface area contributed by atoms with Crippen LogP contribution in [0.1, 0.15) is 21.5 Å². The van der Waals surface area contributed by atoms with Crippen molar-refractivity contribution in [2.75, 3.05) is 33.2 Å². The number of piperazine rings is 1. The summed E-state index contributed by atoms with van der Waals surface area (Å²) in [6.45, 7) is 5.90. The highest BCUT2D eigenvalue weighted by molar-refractivity contribution is 5.95. The summed E-state index contributed by atoms with van der Waals surface area (Å²) in [7, 11) is 2.18. The van der Waals surface area contributed by atoms with Crippen molar-refractivity contribution in [3.05, 3.63) is 83.7 Å². The quantitative estimate of drug-likeness (QED) is 0.466. The first-order valence-corrected chi connectivity index (χ1v) is 11.5. The summed E-state index contributed by atoms with van der Waals surface area (Å²) < 4.78 is 2.05. The second kappa shape index (κ2) is 9.29. The number of hydrogen-bond acceptors (Lipinski definition) is 5. The van der Waals surface area contributed by atoms with Gasteiger partial charge in [0, 0.05) is 57.0 Å². The van der Waals surface area contributed by atoms with Gasteiger partial charge in [-0.15, -0.1) is 0 Å². The first-order valence-electron chi connectivity index (χ1n) is 11.5. The highest BCUT2D eigenvalue weighted by Gasteiger charge is 2.15. The molecule has 1 aliphatic rings. The van der Waals surface area contributed by atoms with E-state index in [1.165, 1.54) is 11.1 Å².